The second-order valence-electron chi connectivity index (χ2n) is 5.96. The van der Waals surface area contributed by atoms with Gasteiger partial charge in [0.05, 0.1) is 0 Å². The van der Waals surface area contributed by atoms with Gasteiger partial charge in [0.1, 0.15) is 0 Å². The highest BCUT2D eigenvalue weighted by Gasteiger charge is 2.56. The van der Waals surface area contributed by atoms with Crippen molar-refractivity contribution in [3.8, 4) is 0 Å². The summed E-state index contributed by atoms with van der Waals surface area (Å²) in [6.45, 7) is 5.05. The summed E-state index contributed by atoms with van der Waals surface area (Å²) >= 11 is 0. The Morgan fingerprint density at radius 2 is 1.71 bits per heavy atom. The molecule has 14 heavy (non-hydrogen) atoms. The molecule has 0 aromatic rings. The van der Waals surface area contributed by atoms with Gasteiger partial charge in [-0.3, -0.25) is 0 Å². The number of rotatable bonds is 3. The standard InChI is InChI=1S/C13H24O/c1-13(2)11(12(13)9-14)8-10-6-4-3-5-7-10/h10-12,14H,3-9H2,1-2H3. The van der Waals surface area contributed by atoms with Crippen molar-refractivity contribution in [1.29, 1.82) is 0 Å². The fourth-order valence-electron chi connectivity index (χ4n) is 3.47. The lowest BCUT2D eigenvalue weighted by Crippen LogP contribution is -2.08. The highest BCUT2D eigenvalue weighted by molar-refractivity contribution is 5.04. The molecule has 0 radical (unpaired) electrons. The zero-order valence-corrected chi connectivity index (χ0v) is 9.63. The molecule has 0 aliphatic heterocycles. The minimum Gasteiger partial charge on any atom is -0.396 e. The van der Waals surface area contributed by atoms with E-state index in [0.29, 0.717) is 17.9 Å². The molecule has 2 aliphatic carbocycles. The molecule has 1 N–H and O–H groups in total. The molecule has 2 rings (SSSR count). The fraction of sp³-hybridized carbons (Fsp3) is 1.00. The summed E-state index contributed by atoms with van der Waals surface area (Å²) in [6, 6.07) is 0. The number of hydrogen-bond donors (Lipinski definition) is 1. The van der Waals surface area contributed by atoms with Crippen LogP contribution in [0.1, 0.15) is 52.4 Å². The van der Waals surface area contributed by atoms with E-state index in [1.165, 1.54) is 38.5 Å². The largest absolute Gasteiger partial charge is 0.396 e. The van der Waals surface area contributed by atoms with E-state index in [9.17, 15) is 5.11 Å². The van der Waals surface area contributed by atoms with Gasteiger partial charge in [0, 0.05) is 6.61 Å². The number of aliphatic hydroxyl groups is 1. The van der Waals surface area contributed by atoms with Crippen LogP contribution in [0.2, 0.25) is 0 Å². The minimum atomic E-state index is 0.407. The van der Waals surface area contributed by atoms with Gasteiger partial charge in [0.25, 0.3) is 0 Å². The summed E-state index contributed by atoms with van der Waals surface area (Å²) in [5.74, 6) is 2.39. The van der Waals surface area contributed by atoms with Crippen LogP contribution in [0.25, 0.3) is 0 Å². The summed E-state index contributed by atoms with van der Waals surface area (Å²) in [7, 11) is 0. The van der Waals surface area contributed by atoms with Crippen LogP contribution in [0.3, 0.4) is 0 Å². The van der Waals surface area contributed by atoms with Gasteiger partial charge >= 0.3 is 0 Å². The molecule has 1 nitrogen and oxygen atoms in total. The molecule has 0 spiro atoms. The summed E-state index contributed by atoms with van der Waals surface area (Å²) < 4.78 is 0. The minimum absolute atomic E-state index is 0.407. The molecule has 2 atom stereocenters. The Hall–Kier alpha value is -0.0400. The van der Waals surface area contributed by atoms with Crippen LogP contribution in [0, 0.1) is 23.2 Å². The first kappa shape index (κ1) is 10.5. The first-order valence-corrected chi connectivity index (χ1v) is 6.27. The predicted molar refractivity (Wildman–Crippen MR) is 59.0 cm³/mol. The zero-order valence-electron chi connectivity index (χ0n) is 9.63. The van der Waals surface area contributed by atoms with E-state index in [4.69, 9.17) is 0 Å². The first-order valence-electron chi connectivity index (χ1n) is 6.27. The SMILES string of the molecule is CC1(C)C(CO)C1CC1CCCCC1. The molecule has 1 heteroatoms. The predicted octanol–water partition coefficient (Wildman–Crippen LogP) is 3.22. The van der Waals surface area contributed by atoms with Crippen LogP contribution in [0.5, 0.6) is 0 Å². The third-order valence-electron chi connectivity index (χ3n) is 4.80. The lowest BCUT2D eigenvalue weighted by atomic mass is 9.84. The lowest BCUT2D eigenvalue weighted by Gasteiger charge is -2.21. The normalized spacial score (nSPS) is 37.1. The number of hydrogen-bond acceptors (Lipinski definition) is 1. The van der Waals surface area contributed by atoms with E-state index in [-0.39, 0.29) is 0 Å². The lowest BCUT2D eigenvalue weighted by molar-refractivity contribution is 0.250. The first-order chi connectivity index (χ1) is 6.66. The maximum Gasteiger partial charge on any atom is 0.0467 e. The topological polar surface area (TPSA) is 20.2 Å². The highest BCUT2D eigenvalue weighted by Crippen LogP contribution is 2.61. The van der Waals surface area contributed by atoms with Crippen molar-refractivity contribution in [1.82, 2.24) is 0 Å². The van der Waals surface area contributed by atoms with Gasteiger partial charge in [0.15, 0.2) is 0 Å². The molecule has 0 aromatic heterocycles. The van der Waals surface area contributed by atoms with E-state index < -0.39 is 0 Å². The van der Waals surface area contributed by atoms with Crippen molar-refractivity contribution >= 4 is 0 Å². The molecule has 0 heterocycles. The average Bonchev–Trinajstić information content (AvgIpc) is 2.69. The average molecular weight is 196 g/mol. The molecule has 2 unspecified atom stereocenters. The molecule has 2 saturated carbocycles. The Bertz CT molecular complexity index is 191. The van der Waals surface area contributed by atoms with Crippen molar-refractivity contribution < 1.29 is 5.11 Å². The van der Waals surface area contributed by atoms with E-state index >= 15 is 0 Å². The molecular weight excluding hydrogens is 172 g/mol. The van der Waals surface area contributed by atoms with E-state index in [1.54, 1.807) is 0 Å². The van der Waals surface area contributed by atoms with Gasteiger partial charge < -0.3 is 5.11 Å². The van der Waals surface area contributed by atoms with Crippen LogP contribution in [0.4, 0.5) is 0 Å². The van der Waals surface area contributed by atoms with Crippen LogP contribution >= 0.6 is 0 Å². The monoisotopic (exact) mass is 196 g/mol. The van der Waals surface area contributed by atoms with Gasteiger partial charge in [0.2, 0.25) is 0 Å². The quantitative estimate of drug-likeness (QED) is 0.735. The third kappa shape index (κ3) is 1.84. The molecule has 0 amide bonds. The van der Waals surface area contributed by atoms with Crippen molar-refractivity contribution in [3.05, 3.63) is 0 Å². The summed E-state index contributed by atoms with van der Waals surface area (Å²) in [4.78, 5) is 0. The second-order valence-corrected chi connectivity index (χ2v) is 5.96. The van der Waals surface area contributed by atoms with Gasteiger partial charge in [-0.15, -0.1) is 0 Å². The molecule has 0 aromatic carbocycles. The molecule has 2 aliphatic rings. The summed E-state index contributed by atoms with van der Waals surface area (Å²) in [5, 5.41) is 9.24. The Balaban J connectivity index is 1.81. The number of aliphatic hydroxyl groups excluding tert-OH is 1. The van der Waals surface area contributed by atoms with Crippen molar-refractivity contribution in [2.24, 2.45) is 23.2 Å². The molecule has 82 valence electrons. The smallest absolute Gasteiger partial charge is 0.0467 e. The van der Waals surface area contributed by atoms with Crippen molar-refractivity contribution in [2.45, 2.75) is 52.4 Å². The van der Waals surface area contributed by atoms with Crippen molar-refractivity contribution in [3.63, 3.8) is 0 Å². The van der Waals surface area contributed by atoms with E-state index in [2.05, 4.69) is 13.8 Å². The highest BCUT2D eigenvalue weighted by atomic mass is 16.3. The van der Waals surface area contributed by atoms with E-state index in [1.807, 2.05) is 0 Å². The zero-order chi connectivity index (χ0) is 10.2. The van der Waals surface area contributed by atoms with Crippen LogP contribution in [-0.2, 0) is 0 Å². The third-order valence-corrected chi connectivity index (χ3v) is 4.80. The van der Waals surface area contributed by atoms with E-state index in [0.717, 1.165) is 11.8 Å². The maximum absolute atomic E-state index is 9.24. The Kier molecular flexibility index (Phi) is 2.88. The molecule has 0 saturated heterocycles. The maximum atomic E-state index is 9.24. The van der Waals surface area contributed by atoms with Gasteiger partial charge in [-0.2, -0.15) is 0 Å². The Labute approximate surface area is 87.9 Å². The molecule has 0 bridgehead atoms. The summed E-state index contributed by atoms with van der Waals surface area (Å²) in [6.07, 6.45) is 8.63. The Morgan fingerprint density at radius 1 is 1.07 bits per heavy atom. The van der Waals surface area contributed by atoms with Gasteiger partial charge in [-0.05, 0) is 29.6 Å². The summed E-state index contributed by atoms with van der Waals surface area (Å²) in [5.41, 5.74) is 0.437. The van der Waals surface area contributed by atoms with Crippen LogP contribution in [-0.4, -0.2) is 11.7 Å². The van der Waals surface area contributed by atoms with Crippen LogP contribution < -0.4 is 0 Å². The van der Waals surface area contributed by atoms with Crippen LogP contribution in [0.15, 0.2) is 0 Å². The fourth-order valence-corrected chi connectivity index (χ4v) is 3.47. The Morgan fingerprint density at radius 3 is 2.21 bits per heavy atom. The van der Waals surface area contributed by atoms with Gasteiger partial charge in [-0.25, -0.2) is 0 Å². The molecule has 2 fully saturated rings. The van der Waals surface area contributed by atoms with Crippen molar-refractivity contribution in [2.75, 3.05) is 6.61 Å². The van der Waals surface area contributed by atoms with Gasteiger partial charge in [-0.1, -0.05) is 46.0 Å². The second kappa shape index (κ2) is 3.84. The molecular formula is C13H24O.